The molecule has 290 valence electrons. The smallest absolute Gasteiger partial charge is 0.490 e. The molecule has 2 aromatic heterocycles. The van der Waals surface area contributed by atoms with Crippen LogP contribution in [0.25, 0.3) is 11.0 Å². The fraction of sp³-hybridized carbons (Fsp3) is 0.531. The van der Waals surface area contributed by atoms with Gasteiger partial charge in [0.2, 0.25) is 0 Å². The molecule has 0 bridgehead atoms. The number of carboxylic acids is 2. The Morgan fingerprint density at radius 3 is 2.17 bits per heavy atom. The van der Waals surface area contributed by atoms with Crippen LogP contribution < -0.4 is 20.1 Å². The zero-order valence-corrected chi connectivity index (χ0v) is 28.5. The second kappa shape index (κ2) is 19.2. The molecule has 3 heterocycles. The number of rotatable bonds is 11. The fourth-order valence-corrected chi connectivity index (χ4v) is 5.13. The SMILES string of the molecule is CCn1c(CN)[n+](CC2CCOCC2)c2ccc(OCC(=O)N(Cc3nc(C)ccc3[O-])C[C@H](C)O)cc21.O=C(O)C(F)(F)F.O=C(O)C(F)(F)F. The van der Waals surface area contributed by atoms with E-state index in [-0.39, 0.29) is 37.0 Å². The molecule has 5 N–H and O–H groups in total. The van der Waals surface area contributed by atoms with Gasteiger partial charge in [-0.2, -0.15) is 26.3 Å². The molecule has 1 aliphatic heterocycles. The summed E-state index contributed by atoms with van der Waals surface area (Å²) in [5, 5.41) is 36.4. The van der Waals surface area contributed by atoms with Gasteiger partial charge in [0, 0.05) is 37.4 Å². The minimum absolute atomic E-state index is 0.0113. The number of pyridine rings is 1. The third-order valence-electron chi connectivity index (χ3n) is 7.53. The average molecular weight is 754 g/mol. The average Bonchev–Trinajstić information content (AvgIpc) is 3.36. The van der Waals surface area contributed by atoms with Crippen molar-refractivity contribution in [3.63, 3.8) is 0 Å². The molecule has 1 saturated heterocycles. The number of aliphatic hydroxyl groups excluding tert-OH is 1. The number of hydrogen-bond acceptors (Lipinski definition) is 9. The Bertz CT molecular complexity index is 1630. The summed E-state index contributed by atoms with van der Waals surface area (Å²) in [5.41, 5.74) is 9.24. The largest absolute Gasteiger partial charge is 0.871 e. The summed E-state index contributed by atoms with van der Waals surface area (Å²) in [5.74, 6) is -3.92. The normalized spacial score (nSPS) is 14.1. The van der Waals surface area contributed by atoms with E-state index in [2.05, 4.69) is 21.0 Å². The predicted molar refractivity (Wildman–Crippen MR) is 168 cm³/mol. The Labute approximate surface area is 294 Å². The number of fused-ring (bicyclic) bond motifs is 1. The van der Waals surface area contributed by atoms with E-state index in [1.54, 1.807) is 19.9 Å². The number of nitrogens with two attached hydrogens (primary N) is 1. The van der Waals surface area contributed by atoms with Crippen LogP contribution in [0.5, 0.6) is 11.5 Å². The lowest BCUT2D eigenvalue weighted by molar-refractivity contribution is -0.687. The van der Waals surface area contributed by atoms with E-state index in [0.717, 1.165) is 56.0 Å². The van der Waals surface area contributed by atoms with Crippen molar-refractivity contribution in [2.24, 2.45) is 11.7 Å². The van der Waals surface area contributed by atoms with Crippen LogP contribution in [-0.4, -0.2) is 92.4 Å². The lowest BCUT2D eigenvalue weighted by Crippen LogP contribution is -2.43. The molecule has 0 saturated carbocycles. The second-order valence-corrected chi connectivity index (χ2v) is 11.6. The van der Waals surface area contributed by atoms with E-state index < -0.39 is 30.4 Å². The van der Waals surface area contributed by atoms with Gasteiger partial charge in [0.15, 0.2) is 17.6 Å². The summed E-state index contributed by atoms with van der Waals surface area (Å²) in [6, 6.07) is 8.92. The van der Waals surface area contributed by atoms with Gasteiger partial charge < -0.3 is 40.5 Å². The number of halogens is 6. The molecule has 0 spiro atoms. The quantitative estimate of drug-likeness (QED) is 0.166. The van der Waals surface area contributed by atoms with Gasteiger partial charge in [-0.3, -0.25) is 9.78 Å². The van der Waals surface area contributed by atoms with Gasteiger partial charge in [-0.05, 0) is 51.8 Å². The molecule has 3 aromatic rings. The molecule has 1 amide bonds. The van der Waals surface area contributed by atoms with Crippen LogP contribution in [0, 0.1) is 12.8 Å². The monoisotopic (exact) mass is 753 g/mol. The maximum absolute atomic E-state index is 13.1. The van der Waals surface area contributed by atoms with E-state index >= 15 is 0 Å². The first kappa shape index (κ1) is 43.5. The summed E-state index contributed by atoms with van der Waals surface area (Å²) in [7, 11) is 0. The number of carbonyl (C=O) groups excluding carboxylic acids is 1. The van der Waals surface area contributed by atoms with E-state index in [1.165, 1.54) is 11.0 Å². The highest BCUT2D eigenvalue weighted by molar-refractivity contribution is 5.78. The predicted octanol–water partition coefficient (Wildman–Crippen LogP) is 2.67. The number of imidazole rings is 1. The van der Waals surface area contributed by atoms with Gasteiger partial charge >= 0.3 is 24.3 Å². The number of benzene rings is 1. The first-order chi connectivity index (χ1) is 24.2. The third kappa shape index (κ3) is 13.1. The third-order valence-corrected chi connectivity index (χ3v) is 7.53. The fourth-order valence-electron chi connectivity index (χ4n) is 5.13. The Balaban J connectivity index is 0.000000564. The van der Waals surface area contributed by atoms with E-state index in [9.17, 15) is 41.4 Å². The van der Waals surface area contributed by atoms with Crippen LogP contribution >= 0.6 is 0 Å². The first-order valence-corrected chi connectivity index (χ1v) is 15.8. The van der Waals surface area contributed by atoms with E-state index in [0.29, 0.717) is 23.9 Å². The molecule has 1 aliphatic rings. The Morgan fingerprint density at radius 1 is 1.10 bits per heavy atom. The first-order valence-electron chi connectivity index (χ1n) is 15.8. The number of hydrogen-bond donors (Lipinski definition) is 4. The van der Waals surface area contributed by atoms with Crippen LogP contribution in [0.4, 0.5) is 26.3 Å². The molecule has 0 aliphatic carbocycles. The molecular formula is C32H41F6N5O9. The molecule has 0 radical (unpaired) electrons. The van der Waals surface area contributed by atoms with Crippen molar-refractivity contribution >= 4 is 28.9 Å². The van der Waals surface area contributed by atoms with Crippen molar-refractivity contribution in [3.05, 3.63) is 47.5 Å². The molecule has 52 heavy (non-hydrogen) atoms. The highest BCUT2D eigenvalue weighted by atomic mass is 19.4. The van der Waals surface area contributed by atoms with Gasteiger partial charge in [-0.15, -0.1) is 0 Å². The van der Waals surface area contributed by atoms with E-state index in [1.807, 2.05) is 18.2 Å². The number of aromatic nitrogens is 3. The molecule has 1 fully saturated rings. The van der Waals surface area contributed by atoms with Crippen molar-refractivity contribution < 1.29 is 75.2 Å². The Hall–Kier alpha value is -4.69. The molecule has 1 atom stereocenters. The number of carbonyl (C=O) groups is 3. The maximum atomic E-state index is 13.1. The van der Waals surface area contributed by atoms with Crippen LogP contribution in [-0.2, 0) is 45.3 Å². The molecular weight excluding hydrogens is 712 g/mol. The molecule has 1 aromatic carbocycles. The standard InChI is InChI=1S/C28H39N5O5.2C2HF3O2/c1-4-32-25-13-22(6-7-24(25)33(27(32)14-29)16-21-9-11-37-12-10-21)38-18-28(36)31(15-20(3)34)17-23-26(35)8-5-19(2)30-23;2*3-2(4,5)1(6)7/h5-8,13,20-21,34H,4,9-12,14-18,29H2,1-3H3;2*(H,6,7)/t20-;;/m0../s1. The van der Waals surface area contributed by atoms with Crippen LogP contribution in [0.1, 0.15) is 43.9 Å². The van der Waals surface area contributed by atoms with E-state index in [4.69, 9.17) is 35.0 Å². The highest BCUT2D eigenvalue weighted by Crippen LogP contribution is 2.24. The molecule has 14 nitrogen and oxygen atoms in total. The minimum atomic E-state index is -5.08. The molecule has 4 rings (SSSR count). The van der Waals surface area contributed by atoms with Gasteiger partial charge in [-0.1, -0.05) is 11.8 Å². The lowest BCUT2D eigenvalue weighted by atomic mass is 10.0. The van der Waals surface area contributed by atoms with Crippen molar-refractivity contribution in [1.82, 2.24) is 14.5 Å². The summed E-state index contributed by atoms with van der Waals surface area (Å²) in [4.78, 5) is 36.6. The number of alkyl halides is 6. The molecule has 0 unspecified atom stereocenters. The number of amides is 1. The number of ether oxygens (including phenoxy) is 2. The summed E-state index contributed by atoms with van der Waals surface area (Å²) >= 11 is 0. The summed E-state index contributed by atoms with van der Waals surface area (Å²) in [6.45, 7) is 8.99. The highest BCUT2D eigenvalue weighted by Gasteiger charge is 2.39. The lowest BCUT2D eigenvalue weighted by Gasteiger charge is -2.26. The van der Waals surface area contributed by atoms with Crippen molar-refractivity contribution in [2.45, 2.75) is 78.2 Å². The van der Waals surface area contributed by atoms with Gasteiger partial charge in [0.05, 0.1) is 38.0 Å². The topological polar surface area (TPSA) is 204 Å². The zero-order chi connectivity index (χ0) is 39.4. The van der Waals surface area contributed by atoms with Crippen molar-refractivity contribution in [3.8, 4) is 11.5 Å². The second-order valence-electron chi connectivity index (χ2n) is 11.6. The Kier molecular flexibility index (Phi) is 16.1. The maximum Gasteiger partial charge on any atom is 0.490 e. The number of nitrogens with zero attached hydrogens (tertiary/aromatic N) is 4. The van der Waals surface area contributed by atoms with Crippen molar-refractivity contribution in [1.29, 1.82) is 0 Å². The molecule has 20 heteroatoms. The number of aryl methyl sites for hydroxylation is 2. The Morgan fingerprint density at radius 2 is 1.67 bits per heavy atom. The minimum Gasteiger partial charge on any atom is -0.871 e. The van der Waals surface area contributed by atoms with Crippen molar-refractivity contribution in [2.75, 3.05) is 26.4 Å². The van der Waals surface area contributed by atoms with Gasteiger partial charge in [0.25, 0.3) is 11.7 Å². The van der Waals surface area contributed by atoms with Gasteiger partial charge in [0.1, 0.15) is 5.75 Å². The van der Waals surface area contributed by atoms with Crippen LogP contribution in [0.2, 0.25) is 0 Å². The zero-order valence-electron chi connectivity index (χ0n) is 28.5. The summed E-state index contributed by atoms with van der Waals surface area (Å²) in [6.07, 6.45) is -8.86. The van der Waals surface area contributed by atoms with Crippen LogP contribution in [0.15, 0.2) is 30.3 Å². The number of aliphatic carboxylic acids is 2. The van der Waals surface area contributed by atoms with Gasteiger partial charge in [-0.25, -0.2) is 18.7 Å². The number of carboxylic acid groups (broad SMARTS) is 2. The van der Waals surface area contributed by atoms with Crippen LogP contribution in [0.3, 0.4) is 0 Å². The summed E-state index contributed by atoms with van der Waals surface area (Å²) < 4.78 is 79.4. The number of aliphatic hydroxyl groups is 1.